The van der Waals surface area contributed by atoms with Crippen molar-refractivity contribution in [2.45, 2.75) is 254 Å². The monoisotopic (exact) mass is 945 g/mol. The Hall–Kier alpha value is -1.35. The minimum atomic E-state index is -5.36. The van der Waals surface area contributed by atoms with Gasteiger partial charge in [0.1, 0.15) is 67.6 Å². The van der Waals surface area contributed by atoms with E-state index in [2.05, 4.69) is 13.8 Å². The van der Waals surface area contributed by atoms with Crippen molar-refractivity contribution in [2.75, 3.05) is 19.8 Å². The Bertz CT molecular complexity index is 1260. The minimum Gasteiger partial charge on any atom is -0.462 e. The van der Waals surface area contributed by atoms with Crippen LogP contribution >= 0.6 is 7.82 Å². The van der Waals surface area contributed by atoms with Gasteiger partial charge in [0.25, 0.3) is 0 Å². The molecule has 6 unspecified atom stereocenters. The van der Waals surface area contributed by atoms with Crippen molar-refractivity contribution in [3.05, 3.63) is 0 Å². The summed E-state index contributed by atoms with van der Waals surface area (Å²) in [6.45, 7) is 2.21. The highest BCUT2D eigenvalue weighted by atomic mass is 31.2. The lowest BCUT2D eigenvalue weighted by Crippen LogP contribution is -2.67. The minimum absolute atomic E-state index is 0.0387. The molecule has 1 saturated carbocycles. The van der Waals surface area contributed by atoms with Gasteiger partial charge in [0.05, 0.1) is 13.2 Å². The second-order valence-corrected chi connectivity index (χ2v) is 19.1. The Labute approximate surface area is 380 Å². The molecule has 13 atom stereocenters. The molecular formula is C45H85O18P. The summed E-state index contributed by atoms with van der Waals surface area (Å²) in [6.07, 6.45) is 3.46. The molecule has 378 valence electrons. The van der Waals surface area contributed by atoms with Gasteiger partial charge < -0.3 is 64.7 Å². The number of carbonyl (C=O) groups excluding carboxylic acids is 2. The lowest BCUT2D eigenvalue weighted by Gasteiger charge is -2.47. The highest BCUT2D eigenvalue weighted by Crippen LogP contribution is 2.48. The fourth-order valence-electron chi connectivity index (χ4n) is 8.00. The molecule has 1 aliphatic carbocycles. The maximum Gasteiger partial charge on any atom is 0.472 e. The van der Waals surface area contributed by atoms with E-state index in [9.17, 15) is 59.9 Å². The van der Waals surface area contributed by atoms with Crippen LogP contribution in [0.3, 0.4) is 0 Å². The molecule has 0 radical (unpaired) electrons. The van der Waals surface area contributed by atoms with Gasteiger partial charge in [0.2, 0.25) is 0 Å². The van der Waals surface area contributed by atoms with E-state index in [0.29, 0.717) is 12.8 Å². The van der Waals surface area contributed by atoms with E-state index in [1.165, 1.54) is 89.9 Å². The number of carbonyl (C=O) groups is 2. The van der Waals surface area contributed by atoms with Gasteiger partial charge in [-0.1, -0.05) is 155 Å². The van der Waals surface area contributed by atoms with Crippen molar-refractivity contribution < 1.29 is 87.9 Å². The number of hydrogen-bond donors (Lipinski definition) is 9. The Morgan fingerprint density at radius 3 is 1.39 bits per heavy atom. The molecule has 0 aromatic heterocycles. The number of unbranched alkanes of at least 4 members (excludes halogenated alkanes) is 22. The summed E-state index contributed by atoms with van der Waals surface area (Å²) in [6, 6.07) is 0. The van der Waals surface area contributed by atoms with E-state index in [-0.39, 0.29) is 12.8 Å². The standard InChI is InChI=1S/C45H85O18P/c1-3-5-7-9-11-13-15-16-18-19-21-23-25-27-34(47)58-30-32(60-35(48)28-26-24-22-20-17-14-12-10-8-6-4-2)31-59-64(56,57)63-44-41(54)39(52)38(51)40(53)43(44)62-45-42(55)37(50)36(49)33(29-46)61-45/h32-33,36-46,49-55H,3-31H2,1-2H3,(H,56,57)/t32-,33?,36-,37?,38-,39?,40?,41?,42-,43-,44-,45-/m1/s1. The van der Waals surface area contributed by atoms with Crippen LogP contribution in [0.1, 0.15) is 181 Å². The van der Waals surface area contributed by atoms with E-state index < -0.39 is 113 Å². The third-order valence-corrected chi connectivity index (χ3v) is 13.0. The largest absolute Gasteiger partial charge is 0.472 e. The molecule has 0 amide bonds. The third-order valence-electron chi connectivity index (χ3n) is 12.1. The summed E-state index contributed by atoms with van der Waals surface area (Å²) < 4.78 is 45.3. The molecule has 0 bridgehead atoms. The van der Waals surface area contributed by atoms with Gasteiger partial charge in [-0.3, -0.25) is 18.6 Å². The lowest BCUT2D eigenvalue weighted by atomic mass is 9.84. The zero-order chi connectivity index (χ0) is 47.3. The number of ether oxygens (including phenoxy) is 4. The number of esters is 2. The van der Waals surface area contributed by atoms with Gasteiger partial charge in [-0.25, -0.2) is 4.57 Å². The number of rotatable bonds is 37. The first kappa shape index (κ1) is 58.8. The van der Waals surface area contributed by atoms with Crippen LogP contribution in [0.15, 0.2) is 0 Å². The van der Waals surface area contributed by atoms with Gasteiger partial charge in [0.15, 0.2) is 12.4 Å². The number of phosphoric acid groups is 1. The molecule has 0 aromatic carbocycles. The molecule has 2 rings (SSSR count). The number of hydrogen-bond acceptors (Lipinski definition) is 17. The summed E-state index contributed by atoms with van der Waals surface area (Å²) in [5, 5.41) is 82.8. The first-order valence-electron chi connectivity index (χ1n) is 24.4. The Kier molecular flexibility index (Phi) is 31.2. The van der Waals surface area contributed by atoms with Crippen LogP contribution in [-0.4, -0.2) is 151 Å². The number of aliphatic hydroxyl groups is 8. The van der Waals surface area contributed by atoms with Crippen LogP contribution in [-0.2, 0) is 42.1 Å². The molecule has 19 heteroatoms. The second-order valence-electron chi connectivity index (χ2n) is 17.7. The van der Waals surface area contributed by atoms with Gasteiger partial charge in [0, 0.05) is 12.8 Å². The predicted octanol–water partition coefficient (Wildman–Crippen LogP) is 4.77. The molecule has 0 aromatic rings. The van der Waals surface area contributed by atoms with Crippen LogP contribution in [0.25, 0.3) is 0 Å². The van der Waals surface area contributed by atoms with Crippen molar-refractivity contribution in [3.63, 3.8) is 0 Å². The lowest BCUT2D eigenvalue weighted by molar-refractivity contribution is -0.338. The SMILES string of the molecule is CCCCCCCCCCCCCCCC(=O)OC[C@H](COP(=O)(O)O[C@@H]1C(O)C(O)[C@@H](O)C(O)[C@H]1O[C@H]1OC(CO)[C@@H](O)C(O)[C@H]1O)OC(=O)CCCCCCCCCCCCC. The van der Waals surface area contributed by atoms with E-state index in [4.69, 9.17) is 28.0 Å². The van der Waals surface area contributed by atoms with Crippen LogP contribution in [0.5, 0.6) is 0 Å². The zero-order valence-electron chi connectivity index (χ0n) is 38.6. The molecule has 2 fully saturated rings. The molecule has 1 aliphatic heterocycles. The summed E-state index contributed by atoms with van der Waals surface area (Å²) in [5.74, 6) is -1.21. The van der Waals surface area contributed by atoms with E-state index in [1.807, 2.05) is 0 Å². The van der Waals surface area contributed by atoms with Crippen molar-refractivity contribution >= 4 is 19.8 Å². The quantitative estimate of drug-likeness (QED) is 0.0230. The normalized spacial score (nSPS) is 28.7. The Balaban J connectivity index is 1.97. The van der Waals surface area contributed by atoms with Crippen LogP contribution in [0.2, 0.25) is 0 Å². The second kappa shape index (κ2) is 34.0. The molecular weight excluding hydrogens is 859 g/mol. The van der Waals surface area contributed by atoms with Crippen molar-refractivity contribution in [1.82, 2.24) is 0 Å². The van der Waals surface area contributed by atoms with Crippen molar-refractivity contribution in [3.8, 4) is 0 Å². The fourth-order valence-corrected chi connectivity index (χ4v) is 8.97. The molecule has 1 heterocycles. The van der Waals surface area contributed by atoms with Crippen LogP contribution in [0.4, 0.5) is 0 Å². The smallest absolute Gasteiger partial charge is 0.462 e. The Morgan fingerprint density at radius 1 is 0.531 bits per heavy atom. The average Bonchev–Trinajstić information content (AvgIpc) is 3.27. The van der Waals surface area contributed by atoms with Crippen LogP contribution in [0, 0.1) is 0 Å². The van der Waals surface area contributed by atoms with Crippen molar-refractivity contribution in [2.24, 2.45) is 0 Å². The average molecular weight is 945 g/mol. The number of aliphatic hydroxyl groups excluding tert-OH is 8. The van der Waals surface area contributed by atoms with Gasteiger partial charge >= 0.3 is 19.8 Å². The Morgan fingerprint density at radius 2 is 0.938 bits per heavy atom. The van der Waals surface area contributed by atoms with E-state index in [1.54, 1.807) is 0 Å². The van der Waals surface area contributed by atoms with Crippen LogP contribution < -0.4 is 0 Å². The number of phosphoric ester groups is 1. The van der Waals surface area contributed by atoms with Crippen molar-refractivity contribution in [1.29, 1.82) is 0 Å². The fraction of sp³-hybridized carbons (Fsp3) is 0.956. The first-order chi connectivity index (χ1) is 30.7. The predicted molar refractivity (Wildman–Crippen MR) is 236 cm³/mol. The molecule has 0 spiro atoms. The topological polar surface area (TPSA) is 289 Å². The summed E-state index contributed by atoms with van der Waals surface area (Å²) >= 11 is 0. The molecule has 9 N–H and O–H groups in total. The molecule has 2 aliphatic rings. The summed E-state index contributed by atoms with van der Waals surface area (Å²) in [5.41, 5.74) is 0. The highest BCUT2D eigenvalue weighted by molar-refractivity contribution is 7.47. The summed E-state index contributed by atoms with van der Waals surface area (Å²) in [4.78, 5) is 36.4. The van der Waals surface area contributed by atoms with E-state index >= 15 is 0 Å². The maximum absolute atomic E-state index is 13.4. The molecule has 64 heavy (non-hydrogen) atoms. The molecule has 18 nitrogen and oxygen atoms in total. The van der Waals surface area contributed by atoms with E-state index in [0.717, 1.165) is 51.4 Å². The highest BCUT2D eigenvalue weighted by Gasteiger charge is 2.55. The summed E-state index contributed by atoms with van der Waals surface area (Å²) in [7, 11) is -5.36. The zero-order valence-corrected chi connectivity index (χ0v) is 39.5. The maximum atomic E-state index is 13.4. The molecule has 1 saturated heterocycles. The van der Waals surface area contributed by atoms with Gasteiger partial charge in [-0.15, -0.1) is 0 Å². The van der Waals surface area contributed by atoms with Gasteiger partial charge in [-0.05, 0) is 12.8 Å². The van der Waals surface area contributed by atoms with Gasteiger partial charge in [-0.2, -0.15) is 0 Å². The first-order valence-corrected chi connectivity index (χ1v) is 25.9. The third kappa shape index (κ3) is 23.1.